The predicted octanol–water partition coefficient (Wildman–Crippen LogP) is 4.67. The lowest BCUT2D eigenvalue weighted by molar-refractivity contribution is 0.0949. The average Bonchev–Trinajstić information content (AvgIpc) is 2.68. The SMILES string of the molecule is Cc1cc(C(=O)NCCC2=CCCCC2)nc(NCc2ccccc2Cl)n1. The van der Waals surface area contributed by atoms with Crippen molar-refractivity contribution in [3.05, 3.63) is 64.0 Å². The lowest BCUT2D eigenvalue weighted by Gasteiger charge is -2.13. The first-order valence-electron chi connectivity index (χ1n) is 9.41. The molecule has 27 heavy (non-hydrogen) atoms. The van der Waals surface area contributed by atoms with Crippen LogP contribution >= 0.6 is 11.6 Å². The van der Waals surface area contributed by atoms with Crippen LogP contribution in [0.25, 0.3) is 0 Å². The fourth-order valence-electron chi connectivity index (χ4n) is 3.14. The van der Waals surface area contributed by atoms with Crippen LogP contribution in [0.15, 0.2) is 42.0 Å². The third-order valence-electron chi connectivity index (χ3n) is 4.60. The molecule has 0 saturated heterocycles. The van der Waals surface area contributed by atoms with Gasteiger partial charge >= 0.3 is 0 Å². The maximum atomic E-state index is 12.4. The summed E-state index contributed by atoms with van der Waals surface area (Å²) in [4.78, 5) is 21.2. The number of anilines is 1. The van der Waals surface area contributed by atoms with Gasteiger partial charge in [-0.2, -0.15) is 0 Å². The Labute approximate surface area is 165 Å². The molecule has 1 heterocycles. The first kappa shape index (κ1) is 19.4. The number of nitrogens with one attached hydrogen (secondary N) is 2. The number of aryl methyl sites for hydroxylation is 1. The van der Waals surface area contributed by atoms with E-state index in [0.29, 0.717) is 29.8 Å². The van der Waals surface area contributed by atoms with Crippen molar-refractivity contribution in [2.24, 2.45) is 0 Å². The number of hydrogen-bond donors (Lipinski definition) is 2. The number of halogens is 1. The molecule has 0 spiro atoms. The molecule has 0 atom stereocenters. The van der Waals surface area contributed by atoms with Crippen molar-refractivity contribution in [1.82, 2.24) is 15.3 Å². The summed E-state index contributed by atoms with van der Waals surface area (Å²) in [7, 11) is 0. The summed E-state index contributed by atoms with van der Waals surface area (Å²) in [5, 5.41) is 6.80. The molecule has 1 aliphatic carbocycles. The second kappa shape index (κ2) is 9.51. The van der Waals surface area contributed by atoms with Crippen LogP contribution in [0.1, 0.15) is 53.8 Å². The highest BCUT2D eigenvalue weighted by Crippen LogP contribution is 2.19. The predicted molar refractivity (Wildman–Crippen MR) is 109 cm³/mol. The van der Waals surface area contributed by atoms with Crippen LogP contribution in [0.4, 0.5) is 5.95 Å². The van der Waals surface area contributed by atoms with Crippen LogP contribution < -0.4 is 10.6 Å². The number of carbonyl (C=O) groups excluding carboxylic acids is 1. The van der Waals surface area contributed by atoms with Gasteiger partial charge in [0.1, 0.15) is 5.69 Å². The maximum absolute atomic E-state index is 12.4. The minimum Gasteiger partial charge on any atom is -0.350 e. The van der Waals surface area contributed by atoms with Crippen molar-refractivity contribution in [3.63, 3.8) is 0 Å². The topological polar surface area (TPSA) is 66.9 Å². The summed E-state index contributed by atoms with van der Waals surface area (Å²) in [6, 6.07) is 9.31. The average molecular weight is 385 g/mol. The molecule has 2 aromatic rings. The Hall–Kier alpha value is -2.40. The summed E-state index contributed by atoms with van der Waals surface area (Å²) in [6.07, 6.45) is 8.06. The third-order valence-corrected chi connectivity index (χ3v) is 4.97. The number of carbonyl (C=O) groups is 1. The van der Waals surface area contributed by atoms with Crippen molar-refractivity contribution in [1.29, 1.82) is 0 Å². The van der Waals surface area contributed by atoms with Gasteiger partial charge in [0.05, 0.1) is 0 Å². The number of aromatic nitrogens is 2. The van der Waals surface area contributed by atoms with Gasteiger partial charge < -0.3 is 10.6 Å². The molecule has 0 saturated carbocycles. The number of rotatable bonds is 7. The summed E-state index contributed by atoms with van der Waals surface area (Å²) < 4.78 is 0. The van der Waals surface area contributed by atoms with E-state index >= 15 is 0 Å². The molecule has 0 unspecified atom stereocenters. The molecule has 6 heteroatoms. The molecule has 0 bridgehead atoms. The molecule has 3 rings (SSSR count). The van der Waals surface area contributed by atoms with Crippen LogP contribution in [0.2, 0.25) is 5.02 Å². The Kier molecular flexibility index (Phi) is 6.82. The highest BCUT2D eigenvalue weighted by Gasteiger charge is 2.11. The number of allylic oxidation sites excluding steroid dienone is 1. The zero-order valence-electron chi connectivity index (χ0n) is 15.6. The fourth-order valence-corrected chi connectivity index (χ4v) is 3.34. The van der Waals surface area contributed by atoms with Crippen molar-refractivity contribution in [2.45, 2.75) is 45.6 Å². The van der Waals surface area contributed by atoms with Crippen LogP contribution in [0.3, 0.4) is 0 Å². The third kappa shape index (κ3) is 5.79. The second-order valence-corrected chi connectivity index (χ2v) is 7.18. The van der Waals surface area contributed by atoms with E-state index in [1.807, 2.05) is 31.2 Å². The molecule has 0 fully saturated rings. The number of hydrogen-bond acceptors (Lipinski definition) is 4. The summed E-state index contributed by atoms with van der Waals surface area (Å²) in [5.41, 5.74) is 3.52. The van der Waals surface area contributed by atoms with Gasteiger partial charge in [-0.05, 0) is 56.7 Å². The molecule has 1 aliphatic rings. The fraction of sp³-hybridized carbons (Fsp3) is 0.381. The molecule has 0 aliphatic heterocycles. The Morgan fingerprint density at radius 3 is 2.85 bits per heavy atom. The highest BCUT2D eigenvalue weighted by molar-refractivity contribution is 6.31. The minimum atomic E-state index is -0.169. The quantitative estimate of drug-likeness (QED) is 0.680. The van der Waals surface area contributed by atoms with Crippen molar-refractivity contribution in [3.8, 4) is 0 Å². The first-order chi connectivity index (χ1) is 13.1. The van der Waals surface area contributed by atoms with Crippen LogP contribution in [-0.2, 0) is 6.54 Å². The van der Waals surface area contributed by atoms with Gasteiger partial charge in [0.15, 0.2) is 0 Å². The van der Waals surface area contributed by atoms with E-state index in [4.69, 9.17) is 11.6 Å². The summed E-state index contributed by atoms with van der Waals surface area (Å²) in [6.45, 7) is 2.99. The Morgan fingerprint density at radius 2 is 2.07 bits per heavy atom. The largest absolute Gasteiger partial charge is 0.350 e. The van der Waals surface area contributed by atoms with Crippen molar-refractivity contribution >= 4 is 23.5 Å². The van der Waals surface area contributed by atoms with Gasteiger partial charge in [0, 0.05) is 23.8 Å². The molecule has 0 radical (unpaired) electrons. The lowest BCUT2D eigenvalue weighted by Crippen LogP contribution is -2.26. The number of nitrogens with zero attached hydrogens (tertiary/aromatic N) is 2. The van der Waals surface area contributed by atoms with E-state index in [1.165, 1.54) is 18.4 Å². The van der Waals surface area contributed by atoms with E-state index in [9.17, 15) is 4.79 Å². The van der Waals surface area contributed by atoms with E-state index < -0.39 is 0 Å². The first-order valence-corrected chi connectivity index (χ1v) is 9.78. The summed E-state index contributed by atoms with van der Waals surface area (Å²) in [5.74, 6) is 0.257. The van der Waals surface area contributed by atoms with Crippen LogP contribution in [0.5, 0.6) is 0 Å². The van der Waals surface area contributed by atoms with Crippen LogP contribution in [0, 0.1) is 6.92 Å². The second-order valence-electron chi connectivity index (χ2n) is 6.78. The molecule has 2 N–H and O–H groups in total. The zero-order chi connectivity index (χ0) is 19.1. The molecular formula is C21H25ClN4O. The van der Waals surface area contributed by atoms with E-state index in [0.717, 1.165) is 30.5 Å². The lowest BCUT2D eigenvalue weighted by atomic mass is 9.97. The Bertz CT molecular complexity index is 835. The molecule has 1 aromatic carbocycles. The molecule has 142 valence electrons. The van der Waals surface area contributed by atoms with E-state index in [2.05, 4.69) is 26.7 Å². The molecule has 1 aromatic heterocycles. The number of amides is 1. The standard InChI is InChI=1S/C21H25ClN4O/c1-15-13-19(20(27)23-12-11-16-7-3-2-4-8-16)26-21(25-15)24-14-17-9-5-6-10-18(17)22/h5-7,9-10,13H,2-4,8,11-12,14H2,1H3,(H,23,27)(H,24,25,26). The van der Waals surface area contributed by atoms with Gasteiger partial charge in [-0.1, -0.05) is 41.4 Å². The smallest absolute Gasteiger partial charge is 0.270 e. The monoisotopic (exact) mass is 384 g/mol. The van der Waals surface area contributed by atoms with Gasteiger partial charge in [-0.15, -0.1) is 0 Å². The van der Waals surface area contributed by atoms with Gasteiger partial charge in [0.2, 0.25) is 5.95 Å². The maximum Gasteiger partial charge on any atom is 0.270 e. The number of benzene rings is 1. The molecule has 1 amide bonds. The van der Waals surface area contributed by atoms with Crippen molar-refractivity contribution < 1.29 is 4.79 Å². The van der Waals surface area contributed by atoms with Crippen molar-refractivity contribution in [2.75, 3.05) is 11.9 Å². The zero-order valence-corrected chi connectivity index (χ0v) is 16.4. The van der Waals surface area contributed by atoms with E-state index in [1.54, 1.807) is 6.07 Å². The minimum absolute atomic E-state index is 0.169. The van der Waals surface area contributed by atoms with Gasteiger partial charge in [0.25, 0.3) is 5.91 Å². The normalized spacial score (nSPS) is 13.8. The Balaban J connectivity index is 1.57. The van der Waals surface area contributed by atoms with Crippen LogP contribution in [-0.4, -0.2) is 22.4 Å². The molecular weight excluding hydrogens is 360 g/mol. The summed E-state index contributed by atoms with van der Waals surface area (Å²) >= 11 is 6.18. The Morgan fingerprint density at radius 1 is 1.22 bits per heavy atom. The van der Waals surface area contributed by atoms with Gasteiger partial charge in [-0.25, -0.2) is 9.97 Å². The highest BCUT2D eigenvalue weighted by atomic mass is 35.5. The van der Waals surface area contributed by atoms with Gasteiger partial charge in [-0.3, -0.25) is 4.79 Å². The molecule has 5 nitrogen and oxygen atoms in total. The van der Waals surface area contributed by atoms with E-state index in [-0.39, 0.29) is 5.91 Å².